The van der Waals surface area contributed by atoms with Gasteiger partial charge in [-0.2, -0.15) is 4.57 Å². The smallest absolute Gasteiger partial charge is 0.413 e. The van der Waals surface area contributed by atoms with Gasteiger partial charge >= 0.3 is 26.1 Å². The number of hydrogen-bond acceptors (Lipinski definition) is 17. The van der Waals surface area contributed by atoms with Gasteiger partial charge in [-0.05, 0) is 69.2 Å². The number of nitrogens with zero attached hydrogens (tertiary/aromatic N) is 5. The monoisotopic (exact) mass is 1030 g/mol. The number of fused-ring (bicyclic) bond motifs is 2. The molecule has 7 rings (SSSR count). The molecule has 370 valence electrons. The van der Waals surface area contributed by atoms with Crippen molar-refractivity contribution in [2.45, 2.75) is 77.1 Å². The van der Waals surface area contributed by atoms with Gasteiger partial charge in [0.2, 0.25) is 11.6 Å². The maximum atomic E-state index is 14.3. The van der Waals surface area contributed by atoms with Gasteiger partial charge in [-0.1, -0.05) is 52.4 Å². The molecule has 3 N–H and O–H groups in total. The number of pyridine rings is 1. The number of hydroxylamine groups is 1. The minimum Gasteiger partial charge on any atom is -0.541 e. The summed E-state index contributed by atoms with van der Waals surface area (Å²) in [6.07, 6.45) is 1.31. The number of hydrogen-bond donors (Lipinski definition) is 3. The molecule has 21 nitrogen and oxygen atoms in total. The van der Waals surface area contributed by atoms with Crippen LogP contribution in [0.15, 0.2) is 95.5 Å². The molecule has 4 amide bonds. The number of methoxy groups -OCH3 is 2. The Balaban J connectivity index is 1.12. The fourth-order valence-electron chi connectivity index (χ4n) is 7.10. The third-order valence-corrected chi connectivity index (χ3v) is 13.0. The lowest BCUT2D eigenvalue weighted by molar-refractivity contribution is -0.663. The quantitative estimate of drug-likeness (QED) is 0.0258. The number of amides is 4. The highest BCUT2D eigenvalue weighted by molar-refractivity contribution is 8.00. The van der Waals surface area contributed by atoms with Crippen molar-refractivity contribution in [3.63, 3.8) is 0 Å². The van der Waals surface area contributed by atoms with Gasteiger partial charge < -0.3 is 38.3 Å². The molecule has 2 radical (unpaired) electrons. The number of halogens is 1. The van der Waals surface area contributed by atoms with Gasteiger partial charge in [-0.15, -0.1) is 11.8 Å². The van der Waals surface area contributed by atoms with E-state index < -0.39 is 64.6 Å². The minimum atomic E-state index is -1.40. The maximum absolute atomic E-state index is 14.3. The zero-order valence-corrected chi connectivity index (χ0v) is 41.5. The van der Waals surface area contributed by atoms with Crippen LogP contribution >= 0.6 is 34.7 Å². The predicted octanol–water partition coefficient (Wildman–Crippen LogP) is 4.48. The van der Waals surface area contributed by atoms with Gasteiger partial charge in [0.15, 0.2) is 23.6 Å². The molecule has 25 heteroatoms. The number of carbonyl (C=O) groups is 6. The Morgan fingerprint density at radius 1 is 0.986 bits per heavy atom. The van der Waals surface area contributed by atoms with Crippen molar-refractivity contribution in [3.8, 4) is 11.5 Å². The summed E-state index contributed by atoms with van der Waals surface area (Å²) >= 11 is 8.58. The largest absolute Gasteiger partial charge is 0.541 e. The van der Waals surface area contributed by atoms with Crippen molar-refractivity contribution in [2.24, 2.45) is 5.16 Å². The number of thiazole rings is 1. The second-order valence-corrected chi connectivity index (χ2v) is 19.3. The molecule has 0 spiro atoms. The highest BCUT2D eigenvalue weighted by atomic mass is 35.5. The molecule has 2 unspecified atom stereocenters. The second kappa shape index (κ2) is 22.7. The molecule has 1 fully saturated rings. The van der Waals surface area contributed by atoms with Crippen LogP contribution in [0, 0.1) is 0 Å². The average Bonchev–Trinajstić information content (AvgIpc) is 3.93. The molecular weight excluding hydrogens is 983 g/mol. The van der Waals surface area contributed by atoms with Crippen molar-refractivity contribution in [2.75, 3.05) is 25.3 Å². The predicted molar refractivity (Wildman–Crippen MR) is 259 cm³/mol. The standard InChI is InChI=1S/C46H46BClN8O13S2/c1-25(42(60)68-47)69-53-35(34-38(48)71-44(50-34)51-45(62)67-46(2,3)4)39(58)49-36-40(59)56-37(43(61)65-22-26-9-13-29(63-5)14-10-26)28(24-70-41(36)56)20-54-18-7-8-31-32(54)17-19-55(31)21-33(57)52-66-23-27-11-15-30(64-6)16-12-27/h7-19,25,36,41H,20-24H2,1-6H3,(H2-,49,50,51,52,57,58,62)/p+1/t25-,36?,41?/m0/s1. The van der Waals surface area contributed by atoms with Gasteiger partial charge in [0.1, 0.15) is 62.9 Å². The number of anilines is 1. The van der Waals surface area contributed by atoms with Crippen LogP contribution in [0.5, 0.6) is 11.5 Å². The number of oxime groups is 1. The summed E-state index contributed by atoms with van der Waals surface area (Å²) in [6.45, 7) is 6.33. The van der Waals surface area contributed by atoms with Crippen LogP contribution in [0.25, 0.3) is 11.0 Å². The summed E-state index contributed by atoms with van der Waals surface area (Å²) in [5.41, 5.74) is 4.24. The first-order valence-electron chi connectivity index (χ1n) is 21.6. The molecule has 0 bridgehead atoms. The molecule has 2 aliphatic heterocycles. The first-order chi connectivity index (χ1) is 34.0. The number of β-lactam (4-membered cyclic amide) rings is 1. The van der Waals surface area contributed by atoms with E-state index in [1.54, 1.807) is 81.1 Å². The number of esters is 1. The van der Waals surface area contributed by atoms with Gasteiger partial charge in [0, 0.05) is 29.7 Å². The first kappa shape index (κ1) is 51.7. The molecule has 2 aliphatic rings. The van der Waals surface area contributed by atoms with Crippen molar-refractivity contribution < 1.29 is 66.6 Å². The van der Waals surface area contributed by atoms with Crippen LogP contribution in [0.1, 0.15) is 44.5 Å². The summed E-state index contributed by atoms with van der Waals surface area (Å²) in [4.78, 5) is 96.5. The van der Waals surface area contributed by atoms with E-state index in [9.17, 15) is 28.8 Å². The number of rotatable bonds is 19. The lowest BCUT2D eigenvalue weighted by atomic mass is 10.0. The van der Waals surface area contributed by atoms with E-state index in [1.807, 2.05) is 35.0 Å². The fourth-order valence-corrected chi connectivity index (χ4v) is 9.47. The number of thioether (sulfide) groups is 1. The lowest BCUT2D eigenvalue weighted by Gasteiger charge is -2.49. The van der Waals surface area contributed by atoms with Crippen LogP contribution in [-0.2, 0) is 74.1 Å². The second-order valence-electron chi connectivity index (χ2n) is 16.6. The summed E-state index contributed by atoms with van der Waals surface area (Å²) in [5.74, 6) is -2.34. The molecule has 2 aromatic carbocycles. The van der Waals surface area contributed by atoms with E-state index in [4.69, 9.17) is 48.3 Å². The van der Waals surface area contributed by atoms with Gasteiger partial charge in [-0.25, -0.2) is 24.8 Å². The third-order valence-electron chi connectivity index (χ3n) is 10.5. The number of ether oxygens (including phenoxy) is 4. The van der Waals surface area contributed by atoms with Crippen LogP contribution in [-0.4, -0.2) is 107 Å². The molecule has 0 aliphatic carbocycles. The van der Waals surface area contributed by atoms with E-state index in [-0.39, 0.29) is 52.9 Å². The van der Waals surface area contributed by atoms with E-state index in [0.717, 1.165) is 22.4 Å². The number of nitrogens with one attached hydrogen (secondary N) is 3. The van der Waals surface area contributed by atoms with Crippen molar-refractivity contribution in [3.05, 3.63) is 112 Å². The topological polar surface area (TPSA) is 240 Å². The molecule has 1 saturated heterocycles. The van der Waals surface area contributed by atoms with Gasteiger partial charge in [0.25, 0.3) is 17.7 Å². The molecule has 5 aromatic rings. The zero-order valence-electron chi connectivity index (χ0n) is 39.1. The van der Waals surface area contributed by atoms with Crippen LogP contribution in [0.3, 0.4) is 0 Å². The van der Waals surface area contributed by atoms with E-state index in [1.165, 1.54) is 30.7 Å². The van der Waals surface area contributed by atoms with E-state index >= 15 is 0 Å². The fraction of sp³-hybridized carbons (Fsp3) is 0.326. The normalized spacial score (nSPS) is 16.0. The number of aromatic nitrogens is 3. The Hall–Kier alpha value is -7.15. The molecular formula is C46H47BClN8O13S2+. The molecule has 5 heterocycles. The summed E-state index contributed by atoms with van der Waals surface area (Å²) in [6, 6.07) is 18.4. The maximum Gasteiger partial charge on any atom is 0.413 e. The van der Waals surface area contributed by atoms with Crippen molar-refractivity contribution in [1.29, 1.82) is 0 Å². The minimum absolute atomic E-state index is 0.0122. The third kappa shape index (κ3) is 12.6. The molecule has 71 heavy (non-hydrogen) atoms. The Bertz CT molecular complexity index is 2890. The van der Waals surface area contributed by atoms with E-state index in [0.29, 0.717) is 28.2 Å². The zero-order chi connectivity index (χ0) is 51.0. The molecule has 3 aromatic heterocycles. The number of carbonyl (C=O) groups excluding carboxylic acids is 6. The van der Waals surface area contributed by atoms with E-state index in [2.05, 4.69) is 30.9 Å². The Kier molecular flexibility index (Phi) is 16.6. The highest BCUT2D eigenvalue weighted by Crippen LogP contribution is 2.41. The Labute approximate surface area is 421 Å². The Morgan fingerprint density at radius 3 is 2.31 bits per heavy atom. The van der Waals surface area contributed by atoms with Gasteiger partial charge in [-0.3, -0.25) is 29.4 Å². The average molecular weight is 1030 g/mol. The number of benzene rings is 2. The molecule has 0 saturated carbocycles. The van der Waals surface area contributed by atoms with Crippen LogP contribution < -0.4 is 30.2 Å². The lowest BCUT2D eigenvalue weighted by Crippen LogP contribution is -2.71. The first-order valence-corrected chi connectivity index (χ1v) is 23.8. The SMILES string of the molecule is [B]OC(=O)[C@H](C)ON=C(C(=O)NC1C(=O)N2C(C(=O)OCc3ccc(OC)cc3)=C(C[n+]3cccc4c3ccn4CC(=O)NOCc3ccc(OC)cc3)CSC12)c1nc(NC(=O)OC(C)(C)C)sc1Cl. The van der Waals surface area contributed by atoms with Gasteiger partial charge in [0.05, 0.1) is 20.8 Å². The Morgan fingerprint density at radius 2 is 1.66 bits per heavy atom. The van der Waals surface area contributed by atoms with Crippen molar-refractivity contribution in [1.82, 2.24) is 25.2 Å². The van der Waals surface area contributed by atoms with Crippen LogP contribution in [0.4, 0.5) is 9.93 Å². The highest BCUT2D eigenvalue weighted by Gasteiger charge is 2.55. The van der Waals surface area contributed by atoms with Crippen molar-refractivity contribution >= 4 is 100 Å². The van der Waals surface area contributed by atoms with Crippen LogP contribution in [0.2, 0.25) is 4.34 Å². The molecule has 3 atom stereocenters. The summed E-state index contributed by atoms with van der Waals surface area (Å²) in [5, 5.41) is 8.08. The summed E-state index contributed by atoms with van der Waals surface area (Å²) < 4.78 is 29.3. The summed E-state index contributed by atoms with van der Waals surface area (Å²) in [7, 11) is 8.12.